The smallest absolute Gasteiger partial charge is 0.0509 e. The van der Waals surface area contributed by atoms with Crippen LogP contribution in [0.3, 0.4) is 0 Å². The highest BCUT2D eigenvalue weighted by Gasteiger charge is 2.23. The lowest BCUT2D eigenvalue weighted by Gasteiger charge is -2.24. The summed E-state index contributed by atoms with van der Waals surface area (Å²) >= 11 is 3.52. The van der Waals surface area contributed by atoms with E-state index in [0.29, 0.717) is 18.0 Å². The van der Waals surface area contributed by atoms with Gasteiger partial charge in [-0.3, -0.25) is 0 Å². The molecule has 0 aliphatic carbocycles. The summed E-state index contributed by atoms with van der Waals surface area (Å²) in [6, 6.07) is 9.37. The lowest BCUT2D eigenvalue weighted by Crippen LogP contribution is -2.35. The normalized spacial score (nSPS) is 23.6. The average Bonchev–Trinajstić information content (AvgIpc) is 2.82. The van der Waals surface area contributed by atoms with Crippen molar-refractivity contribution in [3.05, 3.63) is 34.3 Å². The van der Waals surface area contributed by atoms with Gasteiger partial charge in [-0.25, -0.2) is 0 Å². The molecule has 0 aromatic heterocycles. The number of nitrogens with one attached hydrogen (secondary N) is 1. The quantitative estimate of drug-likeness (QED) is 0.918. The highest BCUT2D eigenvalue weighted by atomic mass is 79.9. The monoisotopic (exact) mass is 297 g/mol. The van der Waals surface area contributed by atoms with Gasteiger partial charge in [-0.05, 0) is 43.9 Å². The Morgan fingerprint density at radius 1 is 1.41 bits per heavy atom. The van der Waals surface area contributed by atoms with E-state index in [-0.39, 0.29) is 0 Å². The summed E-state index contributed by atoms with van der Waals surface area (Å²) in [5, 5.41) is 3.66. The Kier molecular flexibility index (Phi) is 4.60. The molecule has 1 aromatic carbocycles. The fourth-order valence-corrected chi connectivity index (χ4v) is 2.77. The van der Waals surface area contributed by atoms with E-state index in [2.05, 4.69) is 59.4 Å². The fraction of sp³-hybridized carbons (Fsp3) is 0.571. The molecule has 1 aliphatic rings. The van der Waals surface area contributed by atoms with Gasteiger partial charge >= 0.3 is 0 Å². The van der Waals surface area contributed by atoms with Gasteiger partial charge in [0, 0.05) is 23.2 Å². The van der Waals surface area contributed by atoms with Crippen LogP contribution in [-0.2, 0) is 4.74 Å². The van der Waals surface area contributed by atoms with E-state index in [0.717, 1.165) is 17.7 Å². The van der Waals surface area contributed by atoms with Crippen molar-refractivity contribution in [3.8, 4) is 0 Å². The van der Waals surface area contributed by atoms with Crippen molar-refractivity contribution < 1.29 is 4.74 Å². The van der Waals surface area contributed by atoms with Crippen molar-refractivity contribution >= 4 is 15.9 Å². The Morgan fingerprint density at radius 3 is 2.88 bits per heavy atom. The van der Waals surface area contributed by atoms with E-state index >= 15 is 0 Å². The fourth-order valence-electron chi connectivity index (χ4n) is 2.35. The zero-order valence-corrected chi connectivity index (χ0v) is 12.0. The minimum atomic E-state index is 0.378. The van der Waals surface area contributed by atoms with Crippen molar-refractivity contribution in [1.29, 1.82) is 0 Å². The minimum Gasteiger partial charge on any atom is -0.381 e. The van der Waals surface area contributed by atoms with Gasteiger partial charge in [-0.1, -0.05) is 28.1 Å². The number of hydrogen-bond donors (Lipinski definition) is 1. The van der Waals surface area contributed by atoms with Crippen LogP contribution in [0.2, 0.25) is 0 Å². The molecule has 1 heterocycles. The first-order valence-electron chi connectivity index (χ1n) is 6.26. The van der Waals surface area contributed by atoms with Crippen LogP contribution in [0.5, 0.6) is 0 Å². The van der Waals surface area contributed by atoms with Crippen molar-refractivity contribution in [1.82, 2.24) is 5.32 Å². The van der Waals surface area contributed by atoms with Gasteiger partial charge in [0.25, 0.3) is 0 Å². The summed E-state index contributed by atoms with van der Waals surface area (Å²) in [6.45, 7) is 6.29. The molecule has 0 spiro atoms. The summed E-state index contributed by atoms with van der Waals surface area (Å²) in [7, 11) is 0. The topological polar surface area (TPSA) is 21.3 Å². The lowest BCUT2D eigenvalue weighted by molar-refractivity contribution is 0.177. The van der Waals surface area contributed by atoms with Crippen molar-refractivity contribution in [3.63, 3.8) is 0 Å². The first kappa shape index (κ1) is 13.1. The molecule has 0 saturated carbocycles. The standard InChI is InChI=1S/C14H20BrNO/c1-10(12-4-3-5-14(15)8-12)16-11(2)13-6-7-17-9-13/h3-5,8,10-11,13,16H,6-7,9H2,1-2H3/t10-,11?,13?/m0/s1. The van der Waals surface area contributed by atoms with Gasteiger partial charge in [0.1, 0.15) is 0 Å². The van der Waals surface area contributed by atoms with Gasteiger partial charge in [0.15, 0.2) is 0 Å². The second kappa shape index (κ2) is 5.98. The molecule has 1 N–H and O–H groups in total. The maximum atomic E-state index is 5.44. The number of rotatable bonds is 4. The van der Waals surface area contributed by atoms with Crippen LogP contribution in [0, 0.1) is 5.92 Å². The predicted octanol–water partition coefficient (Wildman–Crippen LogP) is 3.52. The van der Waals surface area contributed by atoms with Crippen LogP contribution < -0.4 is 5.32 Å². The third-order valence-electron chi connectivity index (χ3n) is 3.53. The molecule has 2 rings (SSSR count). The molecule has 3 heteroatoms. The van der Waals surface area contributed by atoms with Gasteiger partial charge in [-0.2, -0.15) is 0 Å². The summed E-state index contributed by atoms with van der Waals surface area (Å²) < 4.78 is 6.58. The Morgan fingerprint density at radius 2 is 2.24 bits per heavy atom. The molecule has 0 bridgehead atoms. The lowest BCUT2D eigenvalue weighted by atomic mass is 9.98. The van der Waals surface area contributed by atoms with Crippen LogP contribution in [0.15, 0.2) is 28.7 Å². The third-order valence-corrected chi connectivity index (χ3v) is 4.03. The summed E-state index contributed by atoms with van der Waals surface area (Å²) in [5.41, 5.74) is 1.32. The van der Waals surface area contributed by atoms with Gasteiger partial charge in [0.2, 0.25) is 0 Å². The average molecular weight is 298 g/mol. The van der Waals surface area contributed by atoms with E-state index in [1.807, 2.05) is 0 Å². The second-order valence-corrected chi connectivity index (χ2v) is 5.77. The zero-order valence-electron chi connectivity index (χ0n) is 10.4. The van der Waals surface area contributed by atoms with Gasteiger partial charge in [-0.15, -0.1) is 0 Å². The van der Waals surface area contributed by atoms with Crippen LogP contribution in [0.25, 0.3) is 0 Å². The molecule has 17 heavy (non-hydrogen) atoms. The van der Waals surface area contributed by atoms with Gasteiger partial charge in [0.05, 0.1) is 6.61 Å². The summed E-state index contributed by atoms with van der Waals surface area (Å²) in [6.07, 6.45) is 1.18. The first-order valence-corrected chi connectivity index (χ1v) is 7.05. The zero-order chi connectivity index (χ0) is 12.3. The molecule has 0 radical (unpaired) electrons. The van der Waals surface area contributed by atoms with E-state index in [1.165, 1.54) is 12.0 Å². The Balaban J connectivity index is 1.93. The van der Waals surface area contributed by atoms with Crippen molar-refractivity contribution in [2.45, 2.75) is 32.4 Å². The minimum absolute atomic E-state index is 0.378. The molecular formula is C14H20BrNO. The molecule has 1 saturated heterocycles. The second-order valence-electron chi connectivity index (χ2n) is 4.86. The largest absolute Gasteiger partial charge is 0.381 e. The maximum Gasteiger partial charge on any atom is 0.0509 e. The summed E-state index contributed by atoms with van der Waals surface area (Å²) in [5.74, 6) is 0.657. The Bertz CT molecular complexity index is 363. The van der Waals surface area contributed by atoms with E-state index in [4.69, 9.17) is 4.74 Å². The predicted molar refractivity (Wildman–Crippen MR) is 74.1 cm³/mol. The number of benzene rings is 1. The molecule has 1 aliphatic heterocycles. The Hall–Kier alpha value is -0.380. The number of halogens is 1. The van der Waals surface area contributed by atoms with Gasteiger partial charge < -0.3 is 10.1 Å². The molecule has 94 valence electrons. The third kappa shape index (κ3) is 3.54. The molecule has 0 amide bonds. The van der Waals surface area contributed by atoms with Crippen LogP contribution >= 0.6 is 15.9 Å². The van der Waals surface area contributed by atoms with Crippen LogP contribution in [0.1, 0.15) is 31.9 Å². The SMILES string of the molecule is CC(N[C@@H](C)c1cccc(Br)c1)C1CCOC1. The van der Waals surface area contributed by atoms with Crippen LogP contribution in [0.4, 0.5) is 0 Å². The van der Waals surface area contributed by atoms with Crippen LogP contribution in [-0.4, -0.2) is 19.3 Å². The van der Waals surface area contributed by atoms with E-state index in [1.54, 1.807) is 0 Å². The maximum absolute atomic E-state index is 5.44. The molecule has 1 aromatic rings. The van der Waals surface area contributed by atoms with Crippen molar-refractivity contribution in [2.75, 3.05) is 13.2 Å². The number of ether oxygens (including phenoxy) is 1. The summed E-state index contributed by atoms with van der Waals surface area (Å²) in [4.78, 5) is 0. The molecule has 2 unspecified atom stereocenters. The Labute approximate surface area is 112 Å². The first-order chi connectivity index (χ1) is 8.16. The molecule has 2 nitrogen and oxygen atoms in total. The molecule has 3 atom stereocenters. The van der Waals surface area contributed by atoms with Crippen molar-refractivity contribution in [2.24, 2.45) is 5.92 Å². The molecule has 1 fully saturated rings. The number of hydrogen-bond acceptors (Lipinski definition) is 2. The van der Waals surface area contributed by atoms with E-state index < -0.39 is 0 Å². The van der Waals surface area contributed by atoms with E-state index in [9.17, 15) is 0 Å². The highest BCUT2D eigenvalue weighted by molar-refractivity contribution is 9.10. The molecular weight excluding hydrogens is 278 g/mol. The highest BCUT2D eigenvalue weighted by Crippen LogP contribution is 2.22.